The minimum absolute atomic E-state index is 0.0397. The van der Waals surface area contributed by atoms with Crippen molar-refractivity contribution in [2.45, 2.75) is 52.5 Å². The molecule has 2 saturated carbocycles. The van der Waals surface area contributed by atoms with E-state index in [9.17, 15) is 4.79 Å². The third-order valence-electron chi connectivity index (χ3n) is 5.78. The topological polar surface area (TPSA) is 68.0 Å². The molecule has 23 heavy (non-hydrogen) atoms. The van der Waals surface area contributed by atoms with Crippen LogP contribution < -0.4 is 5.32 Å². The first-order chi connectivity index (χ1) is 11.0. The lowest BCUT2D eigenvalue weighted by Crippen LogP contribution is -2.40. The van der Waals surface area contributed by atoms with Gasteiger partial charge in [0.15, 0.2) is 0 Å². The summed E-state index contributed by atoms with van der Waals surface area (Å²) in [5.74, 6) is 2.27. The quantitative estimate of drug-likeness (QED) is 0.943. The number of nitrogens with zero attached hydrogens (tertiary/aromatic N) is 2. The monoisotopic (exact) mass is 313 g/mol. The van der Waals surface area contributed by atoms with Crippen LogP contribution in [0.4, 0.5) is 0 Å². The van der Waals surface area contributed by atoms with Gasteiger partial charge in [-0.1, -0.05) is 11.6 Å². The Hall–Kier alpha value is -1.91. The smallest absolute Gasteiger partial charge is 0.258 e. The Morgan fingerprint density at radius 1 is 1.35 bits per heavy atom. The first-order valence-corrected chi connectivity index (χ1v) is 8.57. The number of hydrogen-bond acceptors (Lipinski definition) is 4. The fraction of sp³-hybridized carbons (Fsp3) is 0.611. The number of rotatable bonds is 3. The Kier molecular flexibility index (Phi) is 3.39. The van der Waals surface area contributed by atoms with Crippen LogP contribution in [-0.2, 0) is 0 Å². The molecule has 1 amide bonds. The van der Waals surface area contributed by atoms with Gasteiger partial charge in [0.1, 0.15) is 0 Å². The highest BCUT2D eigenvalue weighted by molar-refractivity contribution is 6.06. The summed E-state index contributed by atoms with van der Waals surface area (Å²) in [6.45, 7) is 5.86. The molecule has 2 aliphatic carbocycles. The number of nitrogens with one attached hydrogen (secondary N) is 1. The molecule has 2 aliphatic rings. The Labute approximate surface area is 135 Å². The molecule has 2 aromatic heterocycles. The zero-order chi connectivity index (χ0) is 16.1. The largest absolute Gasteiger partial charge is 0.349 e. The first-order valence-electron chi connectivity index (χ1n) is 8.57. The summed E-state index contributed by atoms with van der Waals surface area (Å²) in [7, 11) is 0. The van der Waals surface area contributed by atoms with Crippen molar-refractivity contribution in [2.75, 3.05) is 0 Å². The zero-order valence-electron chi connectivity index (χ0n) is 13.9. The van der Waals surface area contributed by atoms with E-state index >= 15 is 0 Å². The summed E-state index contributed by atoms with van der Waals surface area (Å²) >= 11 is 0. The maximum Gasteiger partial charge on any atom is 0.258 e. The van der Waals surface area contributed by atoms with Gasteiger partial charge in [-0.15, -0.1) is 0 Å². The minimum Gasteiger partial charge on any atom is -0.349 e. The molecule has 4 atom stereocenters. The molecule has 0 radical (unpaired) electrons. The number of carbonyl (C=O) groups excluding carboxylic acids is 1. The van der Waals surface area contributed by atoms with Crippen molar-refractivity contribution in [3.8, 4) is 0 Å². The summed E-state index contributed by atoms with van der Waals surface area (Å²) in [6, 6.07) is 2.04. The van der Waals surface area contributed by atoms with E-state index in [1.54, 1.807) is 0 Å². The van der Waals surface area contributed by atoms with Gasteiger partial charge in [-0.05, 0) is 63.9 Å². The van der Waals surface area contributed by atoms with Crippen LogP contribution in [0.5, 0.6) is 0 Å². The number of aryl methyl sites for hydroxylation is 2. The summed E-state index contributed by atoms with van der Waals surface area (Å²) in [5, 5.41) is 7.90. The lowest BCUT2D eigenvalue weighted by Gasteiger charge is -2.28. The summed E-state index contributed by atoms with van der Waals surface area (Å²) in [5.41, 5.74) is 2.55. The molecule has 5 heteroatoms. The van der Waals surface area contributed by atoms with Crippen LogP contribution >= 0.6 is 0 Å². The molecule has 2 bridgehead atoms. The predicted molar refractivity (Wildman–Crippen MR) is 87.1 cm³/mol. The highest BCUT2D eigenvalue weighted by Crippen LogP contribution is 2.49. The van der Waals surface area contributed by atoms with Crippen molar-refractivity contribution in [1.29, 1.82) is 0 Å². The SMILES string of the molecule is Cc1cc(C(=O)N[C@@H](C)[C@H]2C[C@H]3CC[C@H]2C3)c2c(C)noc2n1. The van der Waals surface area contributed by atoms with Gasteiger partial charge in [0.2, 0.25) is 0 Å². The normalized spacial score (nSPS) is 27.5. The van der Waals surface area contributed by atoms with Crippen LogP contribution in [0.3, 0.4) is 0 Å². The maximum absolute atomic E-state index is 12.8. The first kappa shape index (κ1) is 14.7. The van der Waals surface area contributed by atoms with Crippen LogP contribution in [0.1, 0.15) is 54.4 Å². The van der Waals surface area contributed by atoms with E-state index in [0.717, 1.165) is 22.9 Å². The van der Waals surface area contributed by atoms with E-state index in [1.807, 2.05) is 19.9 Å². The molecule has 0 saturated heterocycles. The molecule has 2 aromatic rings. The van der Waals surface area contributed by atoms with Crippen molar-refractivity contribution in [3.63, 3.8) is 0 Å². The van der Waals surface area contributed by atoms with Crippen LogP contribution in [0, 0.1) is 31.6 Å². The maximum atomic E-state index is 12.8. The molecule has 0 spiro atoms. The number of fused-ring (bicyclic) bond motifs is 3. The van der Waals surface area contributed by atoms with Gasteiger partial charge in [0.25, 0.3) is 11.6 Å². The van der Waals surface area contributed by atoms with E-state index in [4.69, 9.17) is 4.52 Å². The van der Waals surface area contributed by atoms with Gasteiger partial charge in [-0.3, -0.25) is 4.79 Å². The molecule has 2 heterocycles. The third-order valence-corrected chi connectivity index (χ3v) is 5.78. The summed E-state index contributed by atoms with van der Waals surface area (Å²) in [4.78, 5) is 17.1. The van der Waals surface area contributed by atoms with E-state index in [0.29, 0.717) is 22.9 Å². The second kappa shape index (κ2) is 5.32. The highest BCUT2D eigenvalue weighted by atomic mass is 16.5. The minimum atomic E-state index is -0.0397. The summed E-state index contributed by atoms with van der Waals surface area (Å²) < 4.78 is 5.22. The molecule has 1 N–H and O–H groups in total. The van der Waals surface area contributed by atoms with Gasteiger partial charge >= 0.3 is 0 Å². The van der Waals surface area contributed by atoms with E-state index in [1.165, 1.54) is 25.7 Å². The number of hydrogen-bond donors (Lipinski definition) is 1. The van der Waals surface area contributed by atoms with Gasteiger partial charge in [-0.2, -0.15) is 0 Å². The Balaban J connectivity index is 1.58. The second-order valence-corrected chi connectivity index (χ2v) is 7.36. The number of pyridine rings is 1. The van der Waals surface area contributed by atoms with Gasteiger partial charge in [0.05, 0.1) is 16.6 Å². The van der Waals surface area contributed by atoms with Gasteiger partial charge < -0.3 is 9.84 Å². The highest BCUT2D eigenvalue weighted by Gasteiger charge is 2.42. The fourth-order valence-corrected chi connectivity index (χ4v) is 4.69. The zero-order valence-corrected chi connectivity index (χ0v) is 13.9. The number of aromatic nitrogens is 2. The van der Waals surface area contributed by atoms with Crippen LogP contribution in [0.2, 0.25) is 0 Å². The van der Waals surface area contributed by atoms with Crippen LogP contribution in [-0.4, -0.2) is 22.1 Å². The lowest BCUT2D eigenvalue weighted by atomic mass is 9.84. The molecule has 122 valence electrons. The molecule has 5 nitrogen and oxygen atoms in total. The van der Waals surface area contributed by atoms with Crippen LogP contribution in [0.15, 0.2) is 10.6 Å². The van der Waals surface area contributed by atoms with E-state index in [-0.39, 0.29) is 11.9 Å². The van der Waals surface area contributed by atoms with Gasteiger partial charge in [0, 0.05) is 11.7 Å². The van der Waals surface area contributed by atoms with E-state index < -0.39 is 0 Å². The third kappa shape index (κ3) is 2.42. The van der Waals surface area contributed by atoms with Crippen molar-refractivity contribution < 1.29 is 9.32 Å². The van der Waals surface area contributed by atoms with E-state index in [2.05, 4.69) is 22.4 Å². The molecular weight excluding hydrogens is 290 g/mol. The van der Waals surface area contributed by atoms with Crippen molar-refractivity contribution in [1.82, 2.24) is 15.5 Å². The predicted octanol–water partition coefficient (Wildman–Crippen LogP) is 3.39. The Morgan fingerprint density at radius 2 is 2.17 bits per heavy atom. The Morgan fingerprint density at radius 3 is 2.87 bits per heavy atom. The van der Waals surface area contributed by atoms with Crippen molar-refractivity contribution in [2.24, 2.45) is 17.8 Å². The average molecular weight is 313 g/mol. The molecular formula is C18H23N3O2. The Bertz CT molecular complexity index is 767. The van der Waals surface area contributed by atoms with Gasteiger partial charge in [-0.25, -0.2) is 4.98 Å². The fourth-order valence-electron chi connectivity index (χ4n) is 4.69. The second-order valence-electron chi connectivity index (χ2n) is 7.36. The standard InChI is InChI=1S/C18H23N3O2/c1-9-6-15(16-11(3)21-23-18(16)19-9)17(22)20-10(2)14-8-12-4-5-13(14)7-12/h6,10,12-14H,4-5,7-8H2,1-3H3,(H,20,22)/t10-,12-,13-,14+/m0/s1. The molecule has 2 fully saturated rings. The number of amides is 1. The van der Waals surface area contributed by atoms with Crippen molar-refractivity contribution in [3.05, 3.63) is 23.0 Å². The summed E-state index contributed by atoms with van der Waals surface area (Å²) in [6.07, 6.45) is 5.34. The molecule has 0 aromatic carbocycles. The average Bonchev–Trinajstić information content (AvgIpc) is 3.22. The van der Waals surface area contributed by atoms with Crippen molar-refractivity contribution >= 4 is 17.0 Å². The molecule has 0 unspecified atom stereocenters. The molecule has 4 rings (SSSR count). The molecule has 0 aliphatic heterocycles. The van der Waals surface area contributed by atoms with Crippen LogP contribution in [0.25, 0.3) is 11.1 Å². The number of carbonyl (C=O) groups is 1. The lowest BCUT2D eigenvalue weighted by molar-refractivity contribution is 0.0916.